The fraction of sp³-hybridized carbons (Fsp3) is 1.00. The maximum absolute atomic E-state index is 9.56. The molecule has 0 saturated heterocycles. The summed E-state index contributed by atoms with van der Waals surface area (Å²) in [6.07, 6.45) is 7.35. The van der Waals surface area contributed by atoms with Gasteiger partial charge in [0.05, 0.1) is 0 Å². The van der Waals surface area contributed by atoms with Gasteiger partial charge >= 0.3 is 0 Å². The quantitative estimate of drug-likeness (QED) is 0.589. The molecule has 0 aromatic rings. The summed E-state index contributed by atoms with van der Waals surface area (Å²) in [6, 6.07) is 0. The summed E-state index contributed by atoms with van der Waals surface area (Å²) < 4.78 is 9.56. The third kappa shape index (κ3) is 66.7. The molecule has 9 heavy (non-hydrogen) atoms. The molecular weight excluding hydrogens is 132 g/mol. The molecule has 0 N–H and O–H groups in total. The monoisotopic (exact) mass is 150 g/mol. The van der Waals surface area contributed by atoms with E-state index >= 15 is 0 Å². The predicted octanol–water partition coefficient (Wildman–Crippen LogP) is 2.19. The normalized spacial score (nSPS) is 8.56. The summed E-state index contributed by atoms with van der Waals surface area (Å²) in [4.78, 5) is 0. The van der Waals surface area contributed by atoms with Crippen molar-refractivity contribution in [2.24, 2.45) is 0 Å². The van der Waals surface area contributed by atoms with Crippen molar-refractivity contribution in [2.75, 3.05) is 12.5 Å². The molecule has 0 saturated carbocycles. The molecule has 58 valence electrons. The van der Waals surface area contributed by atoms with E-state index in [9.17, 15) is 4.21 Å². The van der Waals surface area contributed by atoms with Gasteiger partial charge in [-0.2, -0.15) is 0 Å². The Morgan fingerprint density at radius 3 is 1.33 bits per heavy atom. The average molecular weight is 150 g/mol. The van der Waals surface area contributed by atoms with Crippen LogP contribution in [0.5, 0.6) is 0 Å². The lowest BCUT2D eigenvalue weighted by Gasteiger charge is -1.79. The fourth-order valence-electron chi connectivity index (χ4n) is 0.354. The van der Waals surface area contributed by atoms with Crippen LogP contribution in [-0.2, 0) is 10.8 Å². The van der Waals surface area contributed by atoms with Crippen LogP contribution in [0.4, 0.5) is 0 Å². The second-order valence-corrected chi connectivity index (χ2v) is 3.58. The molecule has 0 aromatic carbocycles. The fourth-order valence-corrected chi connectivity index (χ4v) is 0.354. The number of unbranched alkanes of at least 4 members (excludes halogenated alkanes) is 2. The molecule has 0 aliphatic carbocycles. The van der Waals surface area contributed by atoms with Gasteiger partial charge in [-0.05, 0) is 0 Å². The first kappa shape index (κ1) is 11.9. The first-order chi connectivity index (χ1) is 4.15. The van der Waals surface area contributed by atoms with Crippen LogP contribution in [0.25, 0.3) is 0 Å². The van der Waals surface area contributed by atoms with E-state index in [2.05, 4.69) is 13.8 Å². The summed E-state index contributed by atoms with van der Waals surface area (Å²) in [6.45, 7) is 4.42. The highest BCUT2D eigenvalue weighted by atomic mass is 32.2. The molecule has 0 fully saturated rings. The second kappa shape index (κ2) is 11.0. The molecular formula is C7H18OS. The van der Waals surface area contributed by atoms with Crippen LogP contribution >= 0.6 is 0 Å². The van der Waals surface area contributed by atoms with E-state index < -0.39 is 10.8 Å². The van der Waals surface area contributed by atoms with Gasteiger partial charge in [0.2, 0.25) is 0 Å². The van der Waals surface area contributed by atoms with Gasteiger partial charge in [-0.3, -0.25) is 4.21 Å². The Hall–Kier alpha value is 0.150. The largest absolute Gasteiger partial charge is 0.260 e. The van der Waals surface area contributed by atoms with Gasteiger partial charge in [-0.1, -0.05) is 33.1 Å². The molecule has 2 heteroatoms. The van der Waals surface area contributed by atoms with Crippen molar-refractivity contribution < 1.29 is 4.21 Å². The van der Waals surface area contributed by atoms with Crippen molar-refractivity contribution in [1.82, 2.24) is 0 Å². The maximum Gasteiger partial charge on any atom is 0.0148 e. The van der Waals surface area contributed by atoms with Gasteiger partial charge in [0.25, 0.3) is 0 Å². The Balaban J connectivity index is 0. The molecule has 0 amide bonds. The standard InChI is InChI=1S/C5H12.C2H6OS/c1-3-5-4-2;1-4(2)3/h3-5H2,1-2H3;1-2H3. The van der Waals surface area contributed by atoms with Crippen LogP contribution in [0.1, 0.15) is 33.1 Å². The molecule has 0 spiro atoms. The molecule has 0 atom stereocenters. The highest BCUT2D eigenvalue weighted by Gasteiger charge is 1.68. The van der Waals surface area contributed by atoms with E-state index in [0.29, 0.717) is 0 Å². The van der Waals surface area contributed by atoms with Crippen molar-refractivity contribution in [3.8, 4) is 0 Å². The first-order valence-corrected chi connectivity index (χ1v) is 5.36. The highest BCUT2D eigenvalue weighted by Crippen LogP contribution is 1.88. The van der Waals surface area contributed by atoms with Crippen molar-refractivity contribution in [3.05, 3.63) is 0 Å². The third-order valence-electron chi connectivity index (χ3n) is 0.707. The lowest BCUT2D eigenvalue weighted by molar-refractivity contribution is 0.690. The Morgan fingerprint density at radius 1 is 1.11 bits per heavy atom. The van der Waals surface area contributed by atoms with E-state index in [1.807, 2.05) is 0 Å². The Bertz CT molecular complexity index is 55.9. The topological polar surface area (TPSA) is 17.1 Å². The van der Waals surface area contributed by atoms with E-state index in [-0.39, 0.29) is 0 Å². The lowest BCUT2D eigenvalue weighted by atomic mass is 10.3. The molecule has 0 aromatic heterocycles. The van der Waals surface area contributed by atoms with Crippen molar-refractivity contribution in [2.45, 2.75) is 33.1 Å². The van der Waals surface area contributed by atoms with Gasteiger partial charge in [-0.25, -0.2) is 0 Å². The molecule has 0 unspecified atom stereocenters. The zero-order valence-electron chi connectivity index (χ0n) is 6.94. The number of rotatable bonds is 2. The Kier molecular flexibility index (Phi) is 14.6. The Morgan fingerprint density at radius 2 is 1.33 bits per heavy atom. The van der Waals surface area contributed by atoms with Crippen LogP contribution in [0.3, 0.4) is 0 Å². The van der Waals surface area contributed by atoms with E-state index in [1.165, 1.54) is 19.3 Å². The molecule has 0 heterocycles. The van der Waals surface area contributed by atoms with Crippen molar-refractivity contribution in [1.29, 1.82) is 0 Å². The number of hydrogen-bond donors (Lipinski definition) is 0. The van der Waals surface area contributed by atoms with Crippen molar-refractivity contribution >= 4 is 10.8 Å². The molecule has 0 aliphatic heterocycles. The maximum atomic E-state index is 9.56. The zero-order valence-corrected chi connectivity index (χ0v) is 7.75. The summed E-state index contributed by atoms with van der Waals surface area (Å²) >= 11 is 0. The summed E-state index contributed by atoms with van der Waals surface area (Å²) in [5.41, 5.74) is 0. The summed E-state index contributed by atoms with van der Waals surface area (Å²) in [5, 5.41) is 0. The molecule has 0 rings (SSSR count). The minimum absolute atomic E-state index is 0.611. The Labute approximate surface area is 61.3 Å². The smallest absolute Gasteiger partial charge is 0.0148 e. The SMILES string of the molecule is CCCCC.CS(C)=O. The third-order valence-corrected chi connectivity index (χ3v) is 0.707. The van der Waals surface area contributed by atoms with E-state index in [1.54, 1.807) is 12.5 Å². The number of hydrogen-bond acceptors (Lipinski definition) is 1. The van der Waals surface area contributed by atoms with Gasteiger partial charge in [0.15, 0.2) is 0 Å². The van der Waals surface area contributed by atoms with Crippen LogP contribution in [0.15, 0.2) is 0 Å². The lowest BCUT2D eigenvalue weighted by Crippen LogP contribution is -1.70. The molecule has 0 radical (unpaired) electrons. The first-order valence-electron chi connectivity index (χ1n) is 3.40. The van der Waals surface area contributed by atoms with Crippen LogP contribution in [0.2, 0.25) is 0 Å². The van der Waals surface area contributed by atoms with E-state index in [0.717, 1.165) is 0 Å². The average Bonchev–Trinajstić information content (AvgIpc) is 1.66. The highest BCUT2D eigenvalue weighted by molar-refractivity contribution is 7.83. The molecule has 0 aliphatic rings. The van der Waals surface area contributed by atoms with Gasteiger partial charge in [-0.15, -0.1) is 0 Å². The summed E-state index contributed by atoms with van der Waals surface area (Å²) in [7, 11) is -0.611. The minimum Gasteiger partial charge on any atom is -0.260 e. The van der Waals surface area contributed by atoms with Gasteiger partial charge in [0.1, 0.15) is 0 Å². The van der Waals surface area contributed by atoms with Gasteiger partial charge < -0.3 is 0 Å². The molecule has 1 nitrogen and oxygen atoms in total. The van der Waals surface area contributed by atoms with Crippen LogP contribution in [0, 0.1) is 0 Å². The van der Waals surface area contributed by atoms with Gasteiger partial charge in [0, 0.05) is 23.3 Å². The summed E-state index contributed by atoms with van der Waals surface area (Å²) in [5.74, 6) is 0. The van der Waals surface area contributed by atoms with Crippen LogP contribution in [-0.4, -0.2) is 16.7 Å². The second-order valence-electron chi connectivity index (χ2n) is 2.10. The van der Waals surface area contributed by atoms with Crippen LogP contribution < -0.4 is 0 Å². The minimum atomic E-state index is -0.611. The molecule has 0 bridgehead atoms. The van der Waals surface area contributed by atoms with E-state index in [4.69, 9.17) is 0 Å². The zero-order chi connectivity index (χ0) is 7.70. The van der Waals surface area contributed by atoms with Crippen molar-refractivity contribution in [3.63, 3.8) is 0 Å². The predicted molar refractivity (Wildman–Crippen MR) is 45.2 cm³/mol.